The van der Waals surface area contributed by atoms with Gasteiger partial charge in [0, 0.05) is 16.8 Å². The van der Waals surface area contributed by atoms with Crippen LogP contribution in [0.1, 0.15) is 72.1 Å². The third kappa shape index (κ3) is 4.25. The van der Waals surface area contributed by atoms with Crippen molar-refractivity contribution in [3.8, 4) is 0 Å². The van der Waals surface area contributed by atoms with Gasteiger partial charge in [0.15, 0.2) is 0 Å². The summed E-state index contributed by atoms with van der Waals surface area (Å²) in [6.45, 7) is 16.7. The van der Waals surface area contributed by atoms with Crippen molar-refractivity contribution in [3.63, 3.8) is 0 Å². The summed E-state index contributed by atoms with van der Waals surface area (Å²) < 4.78 is 5.21. The molecule has 0 amide bonds. The van der Waals surface area contributed by atoms with Gasteiger partial charge in [0.05, 0.1) is 13.2 Å². The van der Waals surface area contributed by atoms with Gasteiger partial charge in [-0.05, 0) is 44.2 Å². The maximum absolute atomic E-state index is 13.2. The summed E-state index contributed by atoms with van der Waals surface area (Å²) in [5.41, 5.74) is 9.47. The normalized spacial score (nSPS) is 25.0. The number of rotatable bonds is 4. The van der Waals surface area contributed by atoms with E-state index in [1.165, 1.54) is 7.11 Å². The van der Waals surface area contributed by atoms with E-state index < -0.39 is 11.9 Å². The summed E-state index contributed by atoms with van der Waals surface area (Å²) in [7, 11) is 1.37. The minimum atomic E-state index is -0.897. The van der Waals surface area contributed by atoms with Crippen molar-refractivity contribution in [2.45, 2.75) is 60.4 Å². The number of allylic oxidation sites excluding steroid dienone is 1. The van der Waals surface area contributed by atoms with Gasteiger partial charge in [0.2, 0.25) is 0 Å². The van der Waals surface area contributed by atoms with Crippen molar-refractivity contribution in [2.24, 2.45) is 17.8 Å². The smallest absolute Gasteiger partial charge is 0.657 e. The molecule has 5 heterocycles. The first kappa shape index (κ1) is 30.1. The maximum Gasteiger partial charge on any atom is 2.00 e. The standard InChI is InChI=1S/C34H37N4O3.Mg/c1-9-19-15(4)22-12-24-17(6)21(11-3)31(37-24)29-30(34(40)41-8)33(39)28-18(7)25(38-32(28)29)14-27-20(10-2)16(5)23(36-27)13-26(19)35-22;/h9,12-14,17,21,30-31,37,39H,1,10-11H2,2-8H3;/q-3;+2/b23-13-,24-12-,27-14-;/t17-,21-,30+,31?;/m0./s1. The molecule has 0 radical (unpaired) electrons. The van der Waals surface area contributed by atoms with Crippen molar-refractivity contribution in [2.75, 3.05) is 7.11 Å². The zero-order valence-electron chi connectivity index (χ0n) is 25.6. The zero-order valence-corrected chi connectivity index (χ0v) is 27.0. The molecule has 2 N–H and O–H groups in total. The fourth-order valence-corrected chi connectivity index (χ4v) is 7.20. The molecule has 3 aliphatic rings. The summed E-state index contributed by atoms with van der Waals surface area (Å²) in [6.07, 6.45) is 9.77. The Morgan fingerprint density at radius 3 is 2.36 bits per heavy atom. The molecule has 3 aromatic rings. The van der Waals surface area contributed by atoms with Crippen LogP contribution < -0.4 is 41.5 Å². The monoisotopic (exact) mass is 573 g/mol. The molecule has 0 spiro atoms. The molecule has 4 atom stereocenters. The molecule has 0 aromatic carbocycles. The molecule has 1 unspecified atom stereocenters. The molecule has 6 rings (SSSR count). The molecular formula is C34H37MgN4O3-. The van der Waals surface area contributed by atoms with Crippen molar-refractivity contribution < 1.29 is 14.6 Å². The number of hydrogen-bond acceptors (Lipinski definition) is 4. The van der Waals surface area contributed by atoms with Crippen LogP contribution in [0.4, 0.5) is 0 Å². The Kier molecular flexibility index (Phi) is 7.92. The van der Waals surface area contributed by atoms with E-state index in [1.54, 1.807) is 0 Å². The van der Waals surface area contributed by atoms with Gasteiger partial charge in [-0.15, -0.1) is 33.1 Å². The van der Waals surface area contributed by atoms with Gasteiger partial charge in [0.1, 0.15) is 11.7 Å². The van der Waals surface area contributed by atoms with Gasteiger partial charge >= 0.3 is 29.0 Å². The Balaban J connectivity index is 0.00000353. The number of nitrogens with zero attached hydrogens (tertiary/aromatic N) is 3. The van der Waals surface area contributed by atoms with Crippen LogP contribution >= 0.6 is 0 Å². The Labute approximate surface area is 262 Å². The fraction of sp³-hybridized carbons (Fsp3) is 0.382. The minimum absolute atomic E-state index is 0. The molecular weight excluding hydrogens is 537 g/mol. The summed E-state index contributed by atoms with van der Waals surface area (Å²) in [5, 5.41) is 18.3. The molecule has 42 heavy (non-hydrogen) atoms. The van der Waals surface area contributed by atoms with E-state index in [2.05, 4.69) is 58.7 Å². The van der Waals surface area contributed by atoms with Gasteiger partial charge in [-0.2, -0.15) is 0 Å². The SMILES string of the molecule is C=Cc1c2[n-]c(c1C)/C=C1\NC(C3=c4[n-]c(c(C)c4=C(O)[C@@H]3C(=O)OC)/C=c3\[n-]/c(c(C)c3CC)=C\2)[C@@H](CC)[C@@H]1C.[Mg+2]. The van der Waals surface area contributed by atoms with Gasteiger partial charge in [-0.1, -0.05) is 80.3 Å². The number of aliphatic hydroxyl groups excluding tert-OH is 1. The number of carbonyl (C=O) groups is 1. The number of hydrogen-bond donors (Lipinski definition) is 2. The zero-order chi connectivity index (χ0) is 29.3. The molecule has 1 fully saturated rings. The minimum Gasteiger partial charge on any atom is -0.657 e. The average Bonchev–Trinajstić information content (AvgIpc) is 3.69. The molecule has 0 saturated carbocycles. The Bertz CT molecular complexity index is 1900. The predicted molar refractivity (Wildman–Crippen MR) is 167 cm³/mol. The molecule has 8 heteroatoms. The largest absolute Gasteiger partial charge is 2.00 e. The molecule has 7 nitrogen and oxygen atoms in total. The second-order valence-electron chi connectivity index (χ2n) is 11.5. The first-order valence-corrected chi connectivity index (χ1v) is 14.5. The van der Waals surface area contributed by atoms with Gasteiger partial charge in [-0.25, -0.2) is 0 Å². The van der Waals surface area contributed by atoms with Crippen molar-refractivity contribution >= 4 is 64.7 Å². The first-order chi connectivity index (χ1) is 19.6. The number of carbonyl (C=O) groups excluding carboxylic acids is 1. The van der Waals surface area contributed by atoms with Gasteiger partial charge in [-0.3, -0.25) is 4.79 Å². The first-order valence-electron chi connectivity index (χ1n) is 14.5. The number of nitrogens with one attached hydrogen (secondary N) is 1. The molecule has 3 aromatic heterocycles. The van der Waals surface area contributed by atoms with Crippen LogP contribution in [0, 0.1) is 38.5 Å². The second-order valence-corrected chi connectivity index (χ2v) is 11.5. The topological polar surface area (TPSA) is 101 Å². The van der Waals surface area contributed by atoms with E-state index in [4.69, 9.17) is 19.7 Å². The van der Waals surface area contributed by atoms with E-state index in [0.29, 0.717) is 10.6 Å². The van der Waals surface area contributed by atoms with Crippen molar-refractivity contribution in [3.05, 3.63) is 78.4 Å². The number of methoxy groups -OCH3 is 1. The summed E-state index contributed by atoms with van der Waals surface area (Å²) in [4.78, 5) is 28.4. The van der Waals surface area contributed by atoms with Crippen LogP contribution in [-0.4, -0.2) is 47.3 Å². The molecule has 1 saturated heterocycles. The van der Waals surface area contributed by atoms with Crippen LogP contribution in [0.5, 0.6) is 0 Å². The van der Waals surface area contributed by atoms with E-state index in [0.717, 1.165) is 79.7 Å². The van der Waals surface area contributed by atoms with Crippen LogP contribution in [-0.2, 0) is 16.0 Å². The Morgan fingerprint density at radius 1 is 1.02 bits per heavy atom. The summed E-state index contributed by atoms with van der Waals surface area (Å²) >= 11 is 0. The Morgan fingerprint density at radius 2 is 1.71 bits per heavy atom. The van der Waals surface area contributed by atoms with Crippen LogP contribution in [0.3, 0.4) is 0 Å². The maximum atomic E-state index is 13.2. The van der Waals surface area contributed by atoms with Gasteiger partial charge in [0.25, 0.3) is 0 Å². The number of ether oxygens (including phenoxy) is 1. The third-order valence-corrected chi connectivity index (χ3v) is 9.56. The summed E-state index contributed by atoms with van der Waals surface area (Å²) in [6, 6.07) is -0.207. The molecule has 1 aliphatic carbocycles. The molecule has 8 bridgehead atoms. The number of aromatic nitrogens is 3. The summed E-state index contributed by atoms with van der Waals surface area (Å²) in [5.74, 6) is -1.02. The third-order valence-electron chi connectivity index (χ3n) is 9.56. The van der Waals surface area contributed by atoms with E-state index in [-0.39, 0.29) is 46.7 Å². The second kappa shape index (κ2) is 11.0. The quantitative estimate of drug-likeness (QED) is 0.361. The average molecular weight is 574 g/mol. The van der Waals surface area contributed by atoms with E-state index >= 15 is 0 Å². The fourth-order valence-electron chi connectivity index (χ4n) is 7.20. The number of aliphatic hydroxyl groups is 1. The Hall–Kier alpha value is -3.36. The van der Waals surface area contributed by atoms with Gasteiger partial charge < -0.3 is 30.1 Å². The number of fused-ring (bicyclic) bond motifs is 8. The predicted octanol–water partition coefficient (Wildman–Crippen LogP) is 1.57. The van der Waals surface area contributed by atoms with Crippen LogP contribution in [0.25, 0.3) is 35.6 Å². The van der Waals surface area contributed by atoms with E-state index in [1.807, 2.05) is 19.1 Å². The van der Waals surface area contributed by atoms with Crippen LogP contribution in [0.2, 0.25) is 0 Å². The van der Waals surface area contributed by atoms with E-state index in [9.17, 15) is 9.90 Å². The van der Waals surface area contributed by atoms with Crippen molar-refractivity contribution in [1.82, 2.24) is 20.3 Å². The molecule has 214 valence electrons. The molecule has 2 aliphatic heterocycles. The number of esters is 1. The van der Waals surface area contributed by atoms with Crippen LogP contribution in [0.15, 0.2) is 12.3 Å². The van der Waals surface area contributed by atoms with Crippen molar-refractivity contribution in [1.29, 1.82) is 0 Å².